The fourth-order valence-corrected chi connectivity index (χ4v) is 4.18. The smallest absolute Gasteiger partial charge is 0.239 e. The van der Waals surface area contributed by atoms with Crippen molar-refractivity contribution >= 4 is 49.9 Å². The molecule has 0 bridgehead atoms. The molecule has 0 saturated carbocycles. The highest BCUT2D eigenvalue weighted by Gasteiger charge is 2.26. The first-order valence-corrected chi connectivity index (χ1v) is 8.60. The molecule has 1 heterocycles. The zero-order chi connectivity index (χ0) is 13.3. The number of sulfonamides is 1. The van der Waals surface area contributed by atoms with E-state index in [9.17, 15) is 8.42 Å². The van der Waals surface area contributed by atoms with Crippen molar-refractivity contribution in [2.24, 2.45) is 0 Å². The van der Waals surface area contributed by atoms with Crippen molar-refractivity contribution in [1.82, 2.24) is 0 Å². The number of benzene rings is 1. The van der Waals surface area contributed by atoms with Gasteiger partial charge >= 0.3 is 0 Å². The lowest BCUT2D eigenvalue weighted by Gasteiger charge is -2.27. The lowest BCUT2D eigenvalue weighted by molar-refractivity contribution is 0.602. The number of nitrogens with zero attached hydrogens (tertiary/aromatic N) is 1. The molecule has 96 valence electrons. The van der Waals surface area contributed by atoms with Crippen LogP contribution in [0.25, 0.3) is 0 Å². The van der Waals surface area contributed by atoms with Gasteiger partial charge in [-0.15, -0.1) is 0 Å². The molecule has 2 rings (SSSR count). The van der Waals surface area contributed by atoms with Crippen molar-refractivity contribution < 1.29 is 8.42 Å². The summed E-state index contributed by atoms with van der Waals surface area (Å²) in [5.41, 5.74) is 2.08. The first-order valence-electron chi connectivity index (χ1n) is 5.20. The molecule has 1 aliphatic rings. The molecule has 0 spiro atoms. The van der Waals surface area contributed by atoms with Gasteiger partial charge in [0.25, 0.3) is 10.0 Å². The van der Waals surface area contributed by atoms with E-state index in [4.69, 9.17) is 11.6 Å². The Balaban J connectivity index is 2.50. The quantitative estimate of drug-likeness (QED) is 0.565. The molecule has 0 amide bonds. The third-order valence-electron chi connectivity index (χ3n) is 2.48. The molecular weight excluding hydrogens is 385 g/mol. The van der Waals surface area contributed by atoms with Crippen molar-refractivity contribution in [3.63, 3.8) is 0 Å². The molecule has 0 radical (unpaired) electrons. The Labute approximate surface area is 125 Å². The van der Waals surface area contributed by atoms with Gasteiger partial charge in [-0.05, 0) is 42.8 Å². The Morgan fingerprint density at radius 1 is 1.28 bits per heavy atom. The molecule has 3 nitrogen and oxygen atoms in total. The van der Waals surface area contributed by atoms with Crippen LogP contribution in [0.4, 0.5) is 5.69 Å². The number of allylic oxidation sites excluding steroid dienone is 3. The zero-order valence-corrected chi connectivity index (χ0v) is 13.3. The standard InChI is InChI=1S/C12H11ClINO2S/c1-9-6-10(7-14)8-18(16,17)15(9)12-4-2-11(13)3-5-12/h2-6,8H,7H2,1H3. The van der Waals surface area contributed by atoms with E-state index in [1.165, 1.54) is 9.71 Å². The van der Waals surface area contributed by atoms with Crippen LogP contribution in [-0.2, 0) is 10.0 Å². The first kappa shape index (κ1) is 13.9. The molecule has 0 saturated heterocycles. The van der Waals surface area contributed by atoms with Gasteiger partial charge in [-0.25, -0.2) is 12.7 Å². The summed E-state index contributed by atoms with van der Waals surface area (Å²) in [7, 11) is -3.44. The van der Waals surface area contributed by atoms with Gasteiger partial charge < -0.3 is 0 Å². The van der Waals surface area contributed by atoms with Crippen molar-refractivity contribution in [2.75, 3.05) is 8.73 Å². The number of hydrogen-bond donors (Lipinski definition) is 0. The van der Waals surface area contributed by atoms with E-state index >= 15 is 0 Å². The molecule has 0 unspecified atom stereocenters. The Morgan fingerprint density at radius 3 is 2.39 bits per heavy atom. The van der Waals surface area contributed by atoms with Gasteiger partial charge in [0.15, 0.2) is 0 Å². The minimum Gasteiger partial charge on any atom is -0.239 e. The van der Waals surface area contributed by atoms with Gasteiger partial charge in [-0.3, -0.25) is 0 Å². The highest BCUT2D eigenvalue weighted by molar-refractivity contribution is 14.1. The molecular formula is C12H11ClINO2S. The largest absolute Gasteiger partial charge is 0.261 e. The van der Waals surface area contributed by atoms with Gasteiger partial charge in [0.2, 0.25) is 0 Å². The summed E-state index contributed by atoms with van der Waals surface area (Å²) in [5.74, 6) is 0. The average Bonchev–Trinajstić information content (AvgIpc) is 2.29. The summed E-state index contributed by atoms with van der Waals surface area (Å²) < 4.78 is 26.4. The van der Waals surface area contributed by atoms with Crippen LogP contribution in [0, 0.1) is 0 Å². The monoisotopic (exact) mass is 395 g/mol. The Morgan fingerprint density at radius 2 is 1.89 bits per heavy atom. The van der Waals surface area contributed by atoms with E-state index in [1.807, 2.05) is 6.08 Å². The number of hydrogen-bond acceptors (Lipinski definition) is 2. The highest BCUT2D eigenvalue weighted by atomic mass is 127. The maximum atomic E-state index is 12.2. The topological polar surface area (TPSA) is 37.4 Å². The molecule has 0 aliphatic carbocycles. The summed E-state index contributed by atoms with van der Waals surface area (Å²) in [4.78, 5) is 0. The normalized spacial score (nSPS) is 18.3. The van der Waals surface area contributed by atoms with Crippen LogP contribution < -0.4 is 4.31 Å². The molecule has 1 aromatic rings. The van der Waals surface area contributed by atoms with Gasteiger partial charge in [-0.1, -0.05) is 34.2 Å². The van der Waals surface area contributed by atoms with Gasteiger partial charge in [0.1, 0.15) is 0 Å². The summed E-state index contributed by atoms with van der Waals surface area (Å²) in [5, 5.41) is 1.89. The molecule has 0 N–H and O–H groups in total. The van der Waals surface area contributed by atoms with E-state index in [-0.39, 0.29) is 0 Å². The average molecular weight is 396 g/mol. The minimum absolute atomic E-state index is 0.582. The summed E-state index contributed by atoms with van der Waals surface area (Å²) in [6, 6.07) is 6.74. The summed E-state index contributed by atoms with van der Waals surface area (Å²) in [6.45, 7) is 1.78. The third kappa shape index (κ3) is 2.73. The predicted molar refractivity (Wildman–Crippen MR) is 83.6 cm³/mol. The van der Waals surface area contributed by atoms with Crippen LogP contribution in [0.1, 0.15) is 6.92 Å². The van der Waals surface area contributed by atoms with Crippen LogP contribution in [0.2, 0.25) is 5.02 Å². The minimum atomic E-state index is -3.44. The third-order valence-corrected chi connectivity index (χ3v) is 5.23. The number of rotatable bonds is 2. The Bertz CT molecular complexity index is 620. The van der Waals surface area contributed by atoms with Crippen molar-refractivity contribution in [3.05, 3.63) is 52.0 Å². The second-order valence-corrected chi connectivity index (χ2v) is 6.73. The summed E-state index contributed by atoms with van der Waals surface area (Å²) >= 11 is 7.95. The second-order valence-electron chi connectivity index (χ2n) is 3.90. The highest BCUT2D eigenvalue weighted by Crippen LogP contribution is 2.30. The Hall–Kier alpha value is -0.530. The number of halogens is 2. The lowest BCUT2D eigenvalue weighted by Crippen LogP contribution is -2.30. The lowest BCUT2D eigenvalue weighted by atomic mass is 10.2. The first-order chi connectivity index (χ1) is 8.44. The fourth-order valence-electron chi connectivity index (χ4n) is 1.80. The maximum absolute atomic E-state index is 12.2. The van der Waals surface area contributed by atoms with E-state index in [2.05, 4.69) is 22.6 Å². The predicted octanol–water partition coefficient (Wildman–Crippen LogP) is 3.71. The molecule has 18 heavy (non-hydrogen) atoms. The molecule has 0 atom stereocenters. The van der Waals surface area contributed by atoms with Gasteiger partial charge in [-0.2, -0.15) is 0 Å². The second kappa shape index (κ2) is 5.22. The van der Waals surface area contributed by atoms with Crippen LogP contribution >= 0.6 is 34.2 Å². The van der Waals surface area contributed by atoms with E-state index in [1.54, 1.807) is 31.2 Å². The van der Waals surface area contributed by atoms with Crippen molar-refractivity contribution in [1.29, 1.82) is 0 Å². The fraction of sp³-hybridized carbons (Fsp3) is 0.167. The molecule has 1 aliphatic heterocycles. The van der Waals surface area contributed by atoms with E-state index in [0.29, 0.717) is 20.8 Å². The SMILES string of the molecule is CC1=CC(CI)=CS(=O)(=O)N1c1ccc(Cl)cc1. The van der Waals surface area contributed by atoms with Crippen LogP contribution in [0.3, 0.4) is 0 Å². The van der Waals surface area contributed by atoms with E-state index < -0.39 is 10.0 Å². The molecule has 0 fully saturated rings. The van der Waals surface area contributed by atoms with Gasteiger partial charge in [0, 0.05) is 15.1 Å². The summed E-state index contributed by atoms with van der Waals surface area (Å²) in [6.07, 6.45) is 1.88. The van der Waals surface area contributed by atoms with Crippen LogP contribution in [-0.4, -0.2) is 12.8 Å². The molecule has 0 aromatic heterocycles. The van der Waals surface area contributed by atoms with E-state index in [0.717, 1.165) is 5.57 Å². The molecule has 6 heteroatoms. The Kier molecular flexibility index (Phi) is 4.03. The maximum Gasteiger partial charge on any atom is 0.261 e. The number of alkyl halides is 1. The van der Waals surface area contributed by atoms with Crippen molar-refractivity contribution in [3.8, 4) is 0 Å². The van der Waals surface area contributed by atoms with Crippen LogP contribution in [0.15, 0.2) is 47.0 Å². The number of anilines is 1. The van der Waals surface area contributed by atoms with Gasteiger partial charge in [0.05, 0.1) is 11.1 Å². The van der Waals surface area contributed by atoms with Crippen molar-refractivity contribution in [2.45, 2.75) is 6.92 Å². The van der Waals surface area contributed by atoms with Crippen LogP contribution in [0.5, 0.6) is 0 Å². The molecule has 1 aromatic carbocycles. The zero-order valence-electron chi connectivity index (χ0n) is 9.60.